The van der Waals surface area contributed by atoms with Crippen LogP contribution in [0.4, 0.5) is 0 Å². The minimum atomic E-state index is -3.69. The predicted molar refractivity (Wildman–Crippen MR) is 85.2 cm³/mol. The van der Waals surface area contributed by atoms with Crippen molar-refractivity contribution in [3.8, 4) is 0 Å². The fourth-order valence-electron chi connectivity index (χ4n) is 1.88. The molecule has 6 heteroatoms. The molecule has 0 heterocycles. The van der Waals surface area contributed by atoms with Crippen molar-refractivity contribution in [3.63, 3.8) is 0 Å². The van der Waals surface area contributed by atoms with Crippen LogP contribution in [0.3, 0.4) is 0 Å². The second kappa shape index (κ2) is 6.74. The summed E-state index contributed by atoms with van der Waals surface area (Å²) in [6.07, 6.45) is 0. The molecule has 0 amide bonds. The van der Waals surface area contributed by atoms with Crippen LogP contribution < -0.4 is 0 Å². The molecule has 1 rings (SSSR count). The number of rotatable bonds is 7. The van der Waals surface area contributed by atoms with E-state index in [-0.39, 0.29) is 16.4 Å². The molecular weight excluding hydrogens is 296 g/mol. The highest BCUT2D eigenvalue weighted by atomic mass is 32.3. The van der Waals surface area contributed by atoms with Crippen LogP contribution in [0.1, 0.15) is 26.3 Å². The van der Waals surface area contributed by atoms with Crippen molar-refractivity contribution in [1.29, 1.82) is 0 Å². The third-order valence-electron chi connectivity index (χ3n) is 3.12. The van der Waals surface area contributed by atoms with Crippen LogP contribution in [0.2, 0.25) is 0 Å². The van der Waals surface area contributed by atoms with Gasteiger partial charge in [0.05, 0.1) is 5.75 Å². The van der Waals surface area contributed by atoms with E-state index < -0.39 is 20.4 Å². The van der Waals surface area contributed by atoms with Gasteiger partial charge >= 0.3 is 10.1 Å². The first-order valence-corrected chi connectivity index (χ1v) is 10.1. The average Bonchev–Trinajstić information content (AvgIpc) is 2.37. The molecule has 1 N–H and O–H groups in total. The molecule has 1 aromatic rings. The second-order valence-electron chi connectivity index (χ2n) is 4.79. The molecule has 20 heavy (non-hydrogen) atoms. The van der Waals surface area contributed by atoms with Gasteiger partial charge in [-0.1, -0.05) is 31.5 Å². The van der Waals surface area contributed by atoms with E-state index in [1.54, 1.807) is 24.3 Å². The smallest absolute Gasteiger partial charge is 0.299 e. The predicted octanol–water partition coefficient (Wildman–Crippen LogP) is 3.13. The molecule has 0 fully saturated rings. The maximum absolute atomic E-state index is 12.4. The average molecular weight is 319 g/mol. The van der Waals surface area contributed by atoms with Crippen LogP contribution in [-0.2, 0) is 14.9 Å². The number of carbonyl (C=O) groups is 1. The summed E-state index contributed by atoms with van der Waals surface area (Å²) in [6, 6.07) is 6.64. The topological polar surface area (TPSA) is 64.0 Å². The quantitative estimate of drug-likeness (QED) is 0.573. The monoisotopic (exact) mass is 319 g/mol. The van der Waals surface area contributed by atoms with Gasteiger partial charge in [-0.15, -0.1) is 8.42 Å². The highest BCUT2D eigenvalue weighted by Crippen LogP contribution is 2.48. The maximum Gasteiger partial charge on any atom is 0.421 e. The van der Waals surface area contributed by atoms with Gasteiger partial charge in [-0.3, -0.25) is 8.42 Å². The summed E-state index contributed by atoms with van der Waals surface area (Å²) < 4.78 is 29.0. The SMILES string of the molecule is CCS(CC)(CC(C)=O)[OH+]S(=O)(=O)c1ccc(C)cc1. The minimum Gasteiger partial charge on any atom is -0.299 e. The molecule has 0 bridgehead atoms. The van der Waals surface area contributed by atoms with Gasteiger partial charge < -0.3 is 0 Å². The lowest BCUT2D eigenvalue weighted by Crippen LogP contribution is -2.25. The number of ketones is 1. The molecule has 0 aliphatic carbocycles. The molecule has 0 spiro atoms. The lowest BCUT2D eigenvalue weighted by molar-refractivity contribution is -0.114. The summed E-state index contributed by atoms with van der Waals surface area (Å²) in [5, 5.41) is 0. The summed E-state index contributed by atoms with van der Waals surface area (Å²) in [5.74, 6) is 1.44. The molecular formula is C14H23O4S2+. The Hall–Kier alpha value is -0.850. The van der Waals surface area contributed by atoms with Crippen molar-refractivity contribution in [2.45, 2.75) is 32.6 Å². The van der Waals surface area contributed by atoms with E-state index in [0.717, 1.165) is 5.56 Å². The Balaban J connectivity index is 3.08. The zero-order valence-electron chi connectivity index (χ0n) is 12.4. The van der Waals surface area contributed by atoms with Crippen LogP contribution >= 0.6 is 10.3 Å². The number of hydrogen-bond acceptors (Lipinski definition) is 3. The summed E-state index contributed by atoms with van der Waals surface area (Å²) in [6.45, 7) is 7.18. The Morgan fingerprint density at radius 2 is 1.60 bits per heavy atom. The Morgan fingerprint density at radius 3 is 2.00 bits per heavy atom. The van der Waals surface area contributed by atoms with Gasteiger partial charge in [0.2, 0.25) is 0 Å². The van der Waals surface area contributed by atoms with Crippen LogP contribution in [0.5, 0.6) is 0 Å². The molecule has 0 aromatic heterocycles. The largest absolute Gasteiger partial charge is 0.421 e. The first-order valence-electron chi connectivity index (χ1n) is 6.56. The molecule has 0 atom stereocenters. The van der Waals surface area contributed by atoms with Crippen molar-refractivity contribution < 1.29 is 16.8 Å². The fraction of sp³-hybridized carbons (Fsp3) is 0.500. The van der Waals surface area contributed by atoms with Crippen molar-refractivity contribution in [2.75, 3.05) is 17.3 Å². The van der Waals surface area contributed by atoms with Gasteiger partial charge in [0.1, 0.15) is 10.7 Å². The van der Waals surface area contributed by atoms with Crippen molar-refractivity contribution in [2.24, 2.45) is 0 Å². The Morgan fingerprint density at radius 1 is 1.10 bits per heavy atom. The Kier molecular flexibility index (Phi) is 5.79. The van der Waals surface area contributed by atoms with Gasteiger partial charge in [0.15, 0.2) is 0 Å². The first-order chi connectivity index (χ1) is 9.24. The van der Waals surface area contributed by atoms with Gasteiger partial charge in [-0.2, -0.15) is 0 Å². The van der Waals surface area contributed by atoms with Gasteiger partial charge in [0.25, 0.3) is 0 Å². The molecule has 114 valence electrons. The second-order valence-corrected chi connectivity index (χ2v) is 10.2. The van der Waals surface area contributed by atoms with Gasteiger partial charge in [-0.05, 0) is 36.3 Å². The van der Waals surface area contributed by atoms with Crippen molar-refractivity contribution >= 4 is 26.2 Å². The summed E-state index contributed by atoms with van der Waals surface area (Å²) >= 11 is 0. The zero-order valence-corrected chi connectivity index (χ0v) is 14.1. The molecule has 0 saturated heterocycles. The molecule has 0 aliphatic rings. The van der Waals surface area contributed by atoms with Crippen LogP contribution in [0.25, 0.3) is 0 Å². The van der Waals surface area contributed by atoms with E-state index in [1.165, 1.54) is 6.92 Å². The Labute approximate surface area is 123 Å². The van der Waals surface area contributed by atoms with E-state index in [2.05, 4.69) is 3.63 Å². The standard InChI is InChI=1S/C14H22O4S2/c1-5-19(6-2,11-13(4)15)18-20(16,17)14-9-7-12(3)8-10-14/h7-10H,5-6,11H2,1-4H3/p+1. The summed E-state index contributed by atoms with van der Waals surface area (Å²) in [7, 11) is -5.49. The molecule has 0 aliphatic heterocycles. The highest BCUT2D eigenvalue weighted by Gasteiger charge is 2.36. The third kappa shape index (κ3) is 4.33. The van der Waals surface area contributed by atoms with Gasteiger partial charge in [0, 0.05) is 11.5 Å². The van der Waals surface area contributed by atoms with E-state index in [4.69, 9.17) is 0 Å². The van der Waals surface area contributed by atoms with Crippen LogP contribution in [-0.4, -0.2) is 35.1 Å². The number of aryl methyl sites for hydroxylation is 1. The van der Waals surface area contributed by atoms with Crippen LogP contribution in [0.15, 0.2) is 29.2 Å². The first kappa shape index (κ1) is 17.2. The highest BCUT2D eigenvalue weighted by molar-refractivity contribution is 8.32. The van der Waals surface area contributed by atoms with Crippen molar-refractivity contribution in [1.82, 2.24) is 0 Å². The van der Waals surface area contributed by atoms with E-state index in [1.807, 2.05) is 20.8 Å². The number of hydrogen-bond donors (Lipinski definition) is 0. The summed E-state index contributed by atoms with van der Waals surface area (Å²) in [5.41, 5.74) is 0.997. The normalized spacial score (nSPS) is 13.2. The third-order valence-corrected chi connectivity index (χ3v) is 9.13. The molecule has 0 unspecified atom stereocenters. The van der Waals surface area contributed by atoms with Crippen molar-refractivity contribution in [3.05, 3.63) is 29.8 Å². The van der Waals surface area contributed by atoms with Gasteiger partial charge in [-0.25, -0.2) is 0 Å². The maximum atomic E-state index is 12.4. The molecule has 0 radical (unpaired) electrons. The van der Waals surface area contributed by atoms with E-state index in [0.29, 0.717) is 11.5 Å². The molecule has 0 saturated carbocycles. The number of carbonyl (C=O) groups excluding carboxylic acids is 1. The minimum absolute atomic E-state index is 0.00782. The molecule has 1 aromatic carbocycles. The Bertz CT molecular complexity index is 557. The van der Waals surface area contributed by atoms with E-state index >= 15 is 0 Å². The van der Waals surface area contributed by atoms with Crippen LogP contribution in [0, 0.1) is 6.92 Å². The number of benzene rings is 1. The van der Waals surface area contributed by atoms with E-state index in [9.17, 15) is 13.2 Å². The molecule has 4 nitrogen and oxygen atoms in total. The number of Topliss-reactive ketones (excluding diaryl/α,β-unsaturated/α-hetero) is 1. The summed E-state index contributed by atoms with van der Waals surface area (Å²) in [4.78, 5) is 11.6. The zero-order chi connectivity index (χ0) is 15.4. The lowest BCUT2D eigenvalue weighted by Gasteiger charge is -2.30. The fourth-order valence-corrected chi connectivity index (χ4v) is 7.00. The lowest BCUT2D eigenvalue weighted by atomic mass is 10.2.